The van der Waals surface area contributed by atoms with E-state index in [1.807, 2.05) is 50.2 Å². The van der Waals surface area contributed by atoms with Gasteiger partial charge in [-0.15, -0.1) is 0 Å². The lowest BCUT2D eigenvalue weighted by Crippen LogP contribution is -2.30. The van der Waals surface area contributed by atoms with Crippen molar-refractivity contribution in [3.8, 4) is 0 Å². The average molecular weight is 437 g/mol. The molecule has 6 heteroatoms. The molecule has 0 fully saturated rings. The molecule has 0 spiro atoms. The predicted octanol–water partition coefficient (Wildman–Crippen LogP) is 4.48. The molecular weight excluding hydrogens is 408 g/mol. The fourth-order valence-electron chi connectivity index (χ4n) is 3.32. The second kappa shape index (κ2) is 9.90. The van der Waals surface area contributed by atoms with Gasteiger partial charge in [-0.2, -0.15) is 4.31 Å². The molecule has 5 nitrogen and oxygen atoms in total. The molecule has 0 radical (unpaired) electrons. The van der Waals surface area contributed by atoms with Gasteiger partial charge in [0.2, 0.25) is 10.0 Å². The molecule has 1 amide bonds. The van der Waals surface area contributed by atoms with E-state index in [1.54, 1.807) is 54.4 Å². The number of nitrogens with zero attached hydrogens (tertiary/aromatic N) is 2. The van der Waals surface area contributed by atoms with E-state index in [2.05, 4.69) is 0 Å². The van der Waals surface area contributed by atoms with Gasteiger partial charge >= 0.3 is 0 Å². The molecule has 3 rings (SSSR count). The Bertz CT molecular complexity index is 1110. The van der Waals surface area contributed by atoms with Crippen molar-refractivity contribution in [3.05, 3.63) is 101 Å². The first-order valence-corrected chi connectivity index (χ1v) is 11.7. The molecule has 0 unspecified atom stereocenters. The van der Waals surface area contributed by atoms with Gasteiger partial charge in [-0.1, -0.05) is 67.1 Å². The van der Waals surface area contributed by atoms with Crippen molar-refractivity contribution >= 4 is 15.9 Å². The summed E-state index contributed by atoms with van der Waals surface area (Å²) in [6.07, 6.45) is 0. The van der Waals surface area contributed by atoms with Crippen molar-refractivity contribution in [2.24, 2.45) is 0 Å². The Hall–Kier alpha value is -2.96. The summed E-state index contributed by atoms with van der Waals surface area (Å²) in [5, 5.41) is 0. The second-order valence-electron chi connectivity index (χ2n) is 7.59. The van der Waals surface area contributed by atoms with E-state index >= 15 is 0 Å². The summed E-state index contributed by atoms with van der Waals surface area (Å²) in [5.41, 5.74) is 3.66. The number of hydrogen-bond acceptors (Lipinski definition) is 3. The molecule has 0 N–H and O–H groups in total. The van der Waals surface area contributed by atoms with E-state index in [9.17, 15) is 13.2 Å². The molecule has 162 valence electrons. The van der Waals surface area contributed by atoms with Crippen LogP contribution in [-0.2, 0) is 23.1 Å². The number of aryl methyl sites for hydroxylation is 1. The summed E-state index contributed by atoms with van der Waals surface area (Å²) < 4.78 is 27.2. The molecule has 0 saturated carbocycles. The van der Waals surface area contributed by atoms with E-state index in [4.69, 9.17) is 0 Å². The van der Waals surface area contributed by atoms with Gasteiger partial charge < -0.3 is 4.90 Å². The topological polar surface area (TPSA) is 57.7 Å². The number of hydrogen-bond donors (Lipinski definition) is 0. The number of sulfonamides is 1. The van der Waals surface area contributed by atoms with Crippen LogP contribution in [0.2, 0.25) is 0 Å². The standard InChI is InChI=1S/C25H28N2O3S/c1-4-27(31(29,30)24-8-6-5-7-9-24)19-22-14-16-23(17-15-22)25(28)26(3)18-21-12-10-20(2)11-13-21/h5-17H,4,18-19H2,1-3H3. The van der Waals surface area contributed by atoms with E-state index < -0.39 is 10.0 Å². The van der Waals surface area contributed by atoms with Crippen molar-refractivity contribution in [3.63, 3.8) is 0 Å². The van der Waals surface area contributed by atoms with Gasteiger partial charge in [0, 0.05) is 32.2 Å². The van der Waals surface area contributed by atoms with E-state index in [0.717, 1.165) is 11.1 Å². The lowest BCUT2D eigenvalue weighted by atomic mass is 10.1. The summed E-state index contributed by atoms with van der Waals surface area (Å²) in [5.74, 6) is -0.0728. The summed E-state index contributed by atoms with van der Waals surface area (Å²) >= 11 is 0. The first-order valence-electron chi connectivity index (χ1n) is 10.3. The number of amides is 1. The molecule has 31 heavy (non-hydrogen) atoms. The maximum Gasteiger partial charge on any atom is 0.253 e. The van der Waals surface area contributed by atoms with Crippen molar-refractivity contribution in [1.82, 2.24) is 9.21 Å². The lowest BCUT2D eigenvalue weighted by Gasteiger charge is -2.21. The molecule has 0 atom stereocenters. The Morgan fingerprint density at radius 2 is 1.35 bits per heavy atom. The Balaban J connectivity index is 1.68. The van der Waals surface area contributed by atoms with Crippen LogP contribution >= 0.6 is 0 Å². The Labute approximate surface area is 185 Å². The van der Waals surface area contributed by atoms with Crippen molar-refractivity contribution in [2.45, 2.75) is 31.8 Å². The highest BCUT2D eigenvalue weighted by Crippen LogP contribution is 2.19. The van der Waals surface area contributed by atoms with Crippen molar-refractivity contribution in [2.75, 3.05) is 13.6 Å². The van der Waals surface area contributed by atoms with E-state index in [0.29, 0.717) is 18.7 Å². The van der Waals surface area contributed by atoms with Gasteiger partial charge in [0.25, 0.3) is 5.91 Å². The Kier molecular flexibility index (Phi) is 7.25. The first kappa shape index (κ1) is 22.7. The van der Waals surface area contributed by atoms with Gasteiger partial charge in [-0.05, 0) is 42.3 Å². The third kappa shape index (κ3) is 5.60. The first-order chi connectivity index (χ1) is 14.8. The van der Waals surface area contributed by atoms with Crippen LogP contribution in [0.4, 0.5) is 0 Å². The van der Waals surface area contributed by atoms with Crippen molar-refractivity contribution < 1.29 is 13.2 Å². The highest BCUT2D eigenvalue weighted by molar-refractivity contribution is 7.89. The van der Waals surface area contributed by atoms with Gasteiger partial charge in [-0.3, -0.25) is 4.79 Å². The normalized spacial score (nSPS) is 11.5. The predicted molar refractivity (Wildman–Crippen MR) is 123 cm³/mol. The van der Waals surface area contributed by atoms with Crippen LogP contribution in [0.3, 0.4) is 0 Å². The van der Waals surface area contributed by atoms with Crippen molar-refractivity contribution in [1.29, 1.82) is 0 Å². The largest absolute Gasteiger partial charge is 0.337 e. The summed E-state index contributed by atoms with van der Waals surface area (Å²) in [6, 6.07) is 23.7. The van der Waals surface area contributed by atoms with Crippen LogP contribution in [0, 0.1) is 6.92 Å². The number of carbonyl (C=O) groups excluding carboxylic acids is 1. The summed E-state index contributed by atoms with van der Waals surface area (Å²) in [7, 11) is -1.79. The number of benzene rings is 3. The van der Waals surface area contributed by atoms with Crippen LogP contribution in [0.25, 0.3) is 0 Å². The third-order valence-corrected chi connectivity index (χ3v) is 7.12. The molecule has 3 aromatic rings. The summed E-state index contributed by atoms with van der Waals surface area (Å²) in [6.45, 7) is 4.99. The highest BCUT2D eigenvalue weighted by Gasteiger charge is 2.23. The van der Waals surface area contributed by atoms with Crippen LogP contribution < -0.4 is 0 Å². The quantitative estimate of drug-likeness (QED) is 0.523. The van der Waals surface area contributed by atoms with Crippen LogP contribution in [0.5, 0.6) is 0 Å². The minimum Gasteiger partial charge on any atom is -0.337 e. The van der Waals surface area contributed by atoms with E-state index in [-0.39, 0.29) is 17.3 Å². The zero-order valence-corrected chi connectivity index (χ0v) is 19.0. The van der Waals surface area contributed by atoms with Gasteiger partial charge in [0.1, 0.15) is 0 Å². The molecule has 0 aromatic heterocycles. The molecule has 0 saturated heterocycles. The zero-order valence-electron chi connectivity index (χ0n) is 18.2. The zero-order chi connectivity index (χ0) is 22.4. The molecule has 0 aliphatic heterocycles. The fraction of sp³-hybridized carbons (Fsp3) is 0.240. The maximum absolute atomic E-state index is 12.9. The molecule has 0 heterocycles. The minimum atomic E-state index is -3.57. The Morgan fingerprint density at radius 1 is 0.806 bits per heavy atom. The molecular formula is C25H28N2O3S. The second-order valence-corrected chi connectivity index (χ2v) is 9.53. The smallest absolute Gasteiger partial charge is 0.253 e. The van der Waals surface area contributed by atoms with Gasteiger partial charge in [0.15, 0.2) is 0 Å². The molecule has 0 aliphatic rings. The Morgan fingerprint density at radius 3 is 1.94 bits per heavy atom. The van der Waals surface area contributed by atoms with Crippen LogP contribution in [-0.4, -0.2) is 37.1 Å². The fourth-order valence-corrected chi connectivity index (χ4v) is 4.78. The summed E-state index contributed by atoms with van der Waals surface area (Å²) in [4.78, 5) is 14.7. The minimum absolute atomic E-state index is 0.0728. The maximum atomic E-state index is 12.9. The molecule has 3 aromatic carbocycles. The van der Waals surface area contributed by atoms with Gasteiger partial charge in [-0.25, -0.2) is 8.42 Å². The van der Waals surface area contributed by atoms with Crippen LogP contribution in [0.15, 0.2) is 83.8 Å². The average Bonchev–Trinajstić information content (AvgIpc) is 2.79. The number of carbonyl (C=O) groups is 1. The molecule has 0 aliphatic carbocycles. The highest BCUT2D eigenvalue weighted by atomic mass is 32.2. The van der Waals surface area contributed by atoms with Gasteiger partial charge in [0.05, 0.1) is 4.90 Å². The third-order valence-electron chi connectivity index (χ3n) is 5.18. The van der Waals surface area contributed by atoms with Crippen LogP contribution in [0.1, 0.15) is 34.0 Å². The molecule has 0 bridgehead atoms. The SMILES string of the molecule is CCN(Cc1ccc(C(=O)N(C)Cc2ccc(C)cc2)cc1)S(=O)(=O)c1ccccc1. The number of rotatable bonds is 8. The monoisotopic (exact) mass is 436 g/mol. The lowest BCUT2D eigenvalue weighted by molar-refractivity contribution is 0.0785. The van der Waals surface area contributed by atoms with E-state index in [1.165, 1.54) is 9.87 Å².